The number of carbonyl (C=O) groups is 2. The number of aromatic nitrogens is 2. The van der Waals surface area contributed by atoms with Crippen molar-refractivity contribution in [1.82, 2.24) is 14.3 Å². The van der Waals surface area contributed by atoms with Crippen molar-refractivity contribution in [2.75, 3.05) is 38.7 Å². The Labute approximate surface area is 196 Å². The van der Waals surface area contributed by atoms with Crippen LogP contribution in [0.3, 0.4) is 0 Å². The van der Waals surface area contributed by atoms with E-state index < -0.39 is 17.5 Å². The molecule has 1 aliphatic heterocycles. The molecule has 3 aromatic rings. The molecule has 1 fully saturated rings. The molecule has 180 valence electrons. The maximum Gasteiger partial charge on any atom is 0.227 e. The maximum absolute atomic E-state index is 15.4. The number of hydrogen-bond acceptors (Lipinski definition) is 5. The molecule has 0 saturated carbocycles. The predicted molar refractivity (Wildman–Crippen MR) is 125 cm³/mol. The summed E-state index contributed by atoms with van der Waals surface area (Å²) in [6, 6.07) is 6.04. The van der Waals surface area contributed by atoms with E-state index in [2.05, 4.69) is 9.88 Å². The van der Waals surface area contributed by atoms with Crippen LogP contribution < -0.4 is 4.90 Å². The molecule has 3 heterocycles. The predicted octanol–water partition coefficient (Wildman–Crippen LogP) is 3.40. The van der Waals surface area contributed by atoms with Gasteiger partial charge in [0.15, 0.2) is 0 Å². The molecular formula is C25H28F2N4O3. The van der Waals surface area contributed by atoms with E-state index in [9.17, 15) is 9.59 Å². The van der Waals surface area contributed by atoms with Crippen molar-refractivity contribution in [1.29, 1.82) is 0 Å². The minimum atomic E-state index is -0.812. The van der Waals surface area contributed by atoms with Crippen molar-refractivity contribution in [3.05, 3.63) is 53.4 Å². The zero-order valence-corrected chi connectivity index (χ0v) is 19.6. The average molecular weight is 471 g/mol. The number of morpholine rings is 1. The topological polar surface area (TPSA) is 67.2 Å². The molecule has 1 atom stereocenters. The first-order valence-electron chi connectivity index (χ1n) is 11.3. The van der Waals surface area contributed by atoms with Crippen LogP contribution >= 0.6 is 0 Å². The third-order valence-electron chi connectivity index (χ3n) is 6.14. The number of aldehydes is 1. The van der Waals surface area contributed by atoms with Crippen molar-refractivity contribution in [2.24, 2.45) is 0 Å². The average Bonchev–Trinajstić information content (AvgIpc) is 3.13. The number of carbonyl (C=O) groups excluding carboxylic acids is 2. The van der Waals surface area contributed by atoms with Crippen LogP contribution in [0.5, 0.6) is 0 Å². The van der Waals surface area contributed by atoms with Gasteiger partial charge in [-0.2, -0.15) is 0 Å². The molecule has 4 rings (SSSR count). The summed E-state index contributed by atoms with van der Waals surface area (Å²) in [5.41, 5.74) is 2.30. The van der Waals surface area contributed by atoms with E-state index in [0.29, 0.717) is 37.2 Å². The van der Waals surface area contributed by atoms with Gasteiger partial charge in [-0.1, -0.05) is 0 Å². The van der Waals surface area contributed by atoms with Crippen molar-refractivity contribution < 1.29 is 23.1 Å². The highest BCUT2D eigenvalue weighted by Crippen LogP contribution is 2.33. The van der Waals surface area contributed by atoms with Crippen LogP contribution in [0.1, 0.15) is 24.1 Å². The molecule has 1 saturated heterocycles. The van der Waals surface area contributed by atoms with Crippen LogP contribution in [0.4, 0.5) is 14.5 Å². The van der Waals surface area contributed by atoms with Gasteiger partial charge in [-0.05, 0) is 43.8 Å². The first-order chi connectivity index (χ1) is 16.3. The number of aryl methyl sites for hydroxylation is 1. The largest absolute Gasteiger partial charge is 0.375 e. The van der Waals surface area contributed by atoms with E-state index >= 15 is 8.78 Å². The number of fused-ring (bicyclic) bond motifs is 1. The summed E-state index contributed by atoms with van der Waals surface area (Å²) in [6.07, 6.45) is 2.81. The summed E-state index contributed by atoms with van der Waals surface area (Å²) in [5, 5.41) is 0. The van der Waals surface area contributed by atoms with Gasteiger partial charge >= 0.3 is 0 Å². The number of benzene rings is 1. The minimum absolute atomic E-state index is 0.0310. The zero-order valence-electron chi connectivity index (χ0n) is 19.6. The van der Waals surface area contributed by atoms with E-state index in [0.717, 1.165) is 29.1 Å². The van der Waals surface area contributed by atoms with Gasteiger partial charge < -0.3 is 23.7 Å². The highest BCUT2D eigenvalue weighted by Gasteiger charge is 2.27. The summed E-state index contributed by atoms with van der Waals surface area (Å²) in [7, 11) is 3.44. The first-order valence-corrected chi connectivity index (χ1v) is 11.3. The SMILES string of the molecule is Cc1ccn2c(CC3CN(C)CCO3)c(-c3c(F)cc(N(C)C(=O)CCC=O)cc3F)nc2c1. The maximum atomic E-state index is 15.4. The fourth-order valence-corrected chi connectivity index (χ4v) is 4.27. The number of likely N-dealkylation sites (N-methyl/N-ethyl adjacent to an activating group) is 1. The van der Waals surface area contributed by atoms with E-state index in [4.69, 9.17) is 4.74 Å². The summed E-state index contributed by atoms with van der Waals surface area (Å²) >= 11 is 0. The number of rotatable bonds is 7. The fraction of sp³-hybridized carbons (Fsp3) is 0.400. The second-order valence-electron chi connectivity index (χ2n) is 8.74. The Hall–Kier alpha value is -3.17. The molecule has 0 N–H and O–H groups in total. The summed E-state index contributed by atoms with van der Waals surface area (Å²) in [5.74, 6) is -2.03. The molecule has 2 aromatic heterocycles. The molecular weight excluding hydrogens is 442 g/mol. The van der Waals surface area contributed by atoms with Crippen LogP contribution in [0.15, 0.2) is 30.5 Å². The lowest BCUT2D eigenvalue weighted by atomic mass is 10.0. The molecule has 7 nitrogen and oxygen atoms in total. The normalized spacial score (nSPS) is 16.7. The van der Waals surface area contributed by atoms with Crippen LogP contribution in [0.2, 0.25) is 0 Å². The number of amides is 1. The molecule has 34 heavy (non-hydrogen) atoms. The Morgan fingerprint density at radius 2 is 2.03 bits per heavy atom. The lowest BCUT2D eigenvalue weighted by Crippen LogP contribution is -2.41. The Bertz CT molecular complexity index is 1200. The summed E-state index contributed by atoms with van der Waals surface area (Å²) in [4.78, 5) is 30.7. The van der Waals surface area contributed by atoms with Gasteiger partial charge in [0.05, 0.1) is 29.7 Å². The first kappa shape index (κ1) is 24.0. The Kier molecular flexibility index (Phi) is 7.04. The van der Waals surface area contributed by atoms with Crippen molar-refractivity contribution in [3.8, 4) is 11.3 Å². The van der Waals surface area contributed by atoms with Crippen molar-refractivity contribution >= 4 is 23.5 Å². The van der Waals surface area contributed by atoms with Gasteiger partial charge in [-0.25, -0.2) is 13.8 Å². The van der Waals surface area contributed by atoms with Crippen molar-refractivity contribution in [3.63, 3.8) is 0 Å². The van der Waals surface area contributed by atoms with Gasteiger partial charge in [-0.3, -0.25) is 4.79 Å². The van der Waals surface area contributed by atoms with E-state index in [-0.39, 0.29) is 35.9 Å². The number of halogens is 2. The van der Waals surface area contributed by atoms with Crippen LogP contribution in [0.25, 0.3) is 16.9 Å². The highest BCUT2D eigenvalue weighted by atomic mass is 19.1. The number of pyridine rings is 1. The van der Waals surface area contributed by atoms with Gasteiger partial charge in [0.25, 0.3) is 0 Å². The van der Waals surface area contributed by atoms with Crippen molar-refractivity contribution in [2.45, 2.75) is 32.3 Å². The number of imidazole rings is 1. The van der Waals surface area contributed by atoms with E-state index in [1.165, 1.54) is 7.05 Å². The molecule has 1 aliphatic rings. The number of hydrogen-bond donors (Lipinski definition) is 0. The lowest BCUT2D eigenvalue weighted by Gasteiger charge is -2.30. The van der Waals surface area contributed by atoms with Gasteiger partial charge in [0.2, 0.25) is 5.91 Å². The molecule has 0 spiro atoms. The van der Waals surface area contributed by atoms with Gasteiger partial charge in [0, 0.05) is 51.3 Å². The fourth-order valence-electron chi connectivity index (χ4n) is 4.27. The molecule has 1 aromatic carbocycles. The Morgan fingerprint density at radius 3 is 2.71 bits per heavy atom. The molecule has 0 bridgehead atoms. The van der Waals surface area contributed by atoms with E-state index in [1.54, 1.807) is 0 Å². The second-order valence-corrected chi connectivity index (χ2v) is 8.74. The molecule has 1 amide bonds. The molecule has 0 radical (unpaired) electrons. The Morgan fingerprint density at radius 1 is 1.29 bits per heavy atom. The number of nitrogens with zero attached hydrogens (tertiary/aromatic N) is 4. The van der Waals surface area contributed by atoms with E-state index in [1.807, 2.05) is 36.7 Å². The highest BCUT2D eigenvalue weighted by molar-refractivity contribution is 5.94. The molecule has 9 heteroatoms. The van der Waals surface area contributed by atoms with Gasteiger partial charge in [-0.15, -0.1) is 0 Å². The standard InChI is InChI=1S/C25H28F2N4O3/c1-16-6-7-31-21(14-18-15-29(2)8-10-34-18)25(28-22(31)11-16)24-19(26)12-17(13-20(24)27)30(3)23(33)5-4-9-32/h6-7,9,11-13,18H,4-5,8,10,14-15H2,1-3H3. The van der Waals surface area contributed by atoms with Crippen LogP contribution in [0, 0.1) is 18.6 Å². The van der Waals surface area contributed by atoms with Crippen LogP contribution in [-0.4, -0.2) is 66.4 Å². The second kappa shape index (κ2) is 9.99. The van der Waals surface area contributed by atoms with Crippen LogP contribution in [-0.2, 0) is 20.7 Å². The lowest BCUT2D eigenvalue weighted by molar-refractivity contribution is -0.120. The molecule has 1 unspecified atom stereocenters. The third kappa shape index (κ3) is 4.85. The molecule has 0 aliphatic carbocycles. The third-order valence-corrected chi connectivity index (χ3v) is 6.14. The Balaban J connectivity index is 1.76. The number of anilines is 1. The number of ether oxygens (including phenoxy) is 1. The zero-order chi connectivity index (χ0) is 24.4. The monoisotopic (exact) mass is 470 g/mol. The summed E-state index contributed by atoms with van der Waals surface area (Å²) < 4.78 is 38.5. The van der Waals surface area contributed by atoms with Gasteiger partial charge in [0.1, 0.15) is 23.6 Å². The quantitative estimate of drug-likeness (QED) is 0.495. The smallest absolute Gasteiger partial charge is 0.227 e. The minimum Gasteiger partial charge on any atom is -0.375 e. The summed E-state index contributed by atoms with van der Waals surface area (Å²) in [6.45, 7) is 4.06.